The molecule has 1 atom stereocenters. The molecule has 1 aromatic heterocycles. The van der Waals surface area contributed by atoms with Gasteiger partial charge < -0.3 is 15.0 Å². The number of rotatable bonds is 5. The van der Waals surface area contributed by atoms with Crippen molar-refractivity contribution in [3.63, 3.8) is 0 Å². The minimum atomic E-state index is -0.411. The van der Waals surface area contributed by atoms with E-state index in [2.05, 4.69) is 32.3 Å². The van der Waals surface area contributed by atoms with Crippen LogP contribution in [0.2, 0.25) is 0 Å². The molecule has 7 nitrogen and oxygen atoms in total. The van der Waals surface area contributed by atoms with E-state index in [4.69, 9.17) is 4.74 Å². The van der Waals surface area contributed by atoms with Gasteiger partial charge in [-0.3, -0.25) is 14.5 Å². The quantitative estimate of drug-likeness (QED) is 0.704. The molecule has 7 heteroatoms. The topological polar surface area (TPSA) is 87.3 Å². The Balaban J connectivity index is 1.36. The number of morpholine rings is 1. The van der Waals surface area contributed by atoms with E-state index in [-0.39, 0.29) is 17.5 Å². The van der Waals surface area contributed by atoms with E-state index in [1.807, 2.05) is 18.2 Å². The number of ether oxygens (including phenoxy) is 1. The normalized spacial score (nSPS) is 17.5. The van der Waals surface area contributed by atoms with Crippen molar-refractivity contribution in [3.8, 4) is 0 Å². The first-order valence-electron chi connectivity index (χ1n) is 9.34. The summed E-state index contributed by atoms with van der Waals surface area (Å²) in [5.74, 6) is -0.396. The maximum Gasteiger partial charge on any atom is 0.287 e. The summed E-state index contributed by atoms with van der Waals surface area (Å²) in [4.78, 5) is 33.7. The van der Waals surface area contributed by atoms with Crippen LogP contribution in [0.1, 0.15) is 16.2 Å². The van der Waals surface area contributed by atoms with Gasteiger partial charge in [-0.25, -0.2) is 4.98 Å². The maximum absolute atomic E-state index is 12.4. The van der Waals surface area contributed by atoms with Crippen LogP contribution < -0.4 is 10.9 Å². The van der Waals surface area contributed by atoms with Crippen molar-refractivity contribution in [1.29, 1.82) is 0 Å². The van der Waals surface area contributed by atoms with Gasteiger partial charge in [0.15, 0.2) is 5.82 Å². The van der Waals surface area contributed by atoms with Crippen molar-refractivity contribution in [2.24, 2.45) is 0 Å². The summed E-state index contributed by atoms with van der Waals surface area (Å²) in [6.45, 7) is 3.43. The van der Waals surface area contributed by atoms with Gasteiger partial charge in [-0.05, 0) is 17.7 Å². The Morgan fingerprint density at radius 2 is 1.96 bits per heavy atom. The van der Waals surface area contributed by atoms with E-state index in [0.717, 1.165) is 19.6 Å². The lowest BCUT2D eigenvalue weighted by atomic mass is 10.2. The Morgan fingerprint density at radius 1 is 1.18 bits per heavy atom. The maximum atomic E-state index is 12.4. The van der Waals surface area contributed by atoms with Crippen molar-refractivity contribution in [2.75, 3.05) is 26.2 Å². The summed E-state index contributed by atoms with van der Waals surface area (Å²) in [6.07, 6.45) is -0.103. The average molecular weight is 378 g/mol. The highest BCUT2D eigenvalue weighted by Crippen LogP contribution is 2.10. The smallest absolute Gasteiger partial charge is 0.287 e. The molecule has 1 aliphatic heterocycles. The van der Waals surface area contributed by atoms with Crippen LogP contribution in [-0.4, -0.2) is 53.1 Å². The highest BCUT2D eigenvalue weighted by molar-refractivity contribution is 5.92. The van der Waals surface area contributed by atoms with Crippen LogP contribution in [0.15, 0.2) is 59.4 Å². The second-order valence-electron chi connectivity index (χ2n) is 6.86. The largest absolute Gasteiger partial charge is 0.374 e. The van der Waals surface area contributed by atoms with E-state index < -0.39 is 5.91 Å². The van der Waals surface area contributed by atoms with Gasteiger partial charge >= 0.3 is 0 Å². The van der Waals surface area contributed by atoms with Gasteiger partial charge in [0.05, 0.1) is 23.6 Å². The summed E-state index contributed by atoms with van der Waals surface area (Å²) < 4.78 is 5.78. The zero-order valence-corrected chi connectivity index (χ0v) is 15.4. The van der Waals surface area contributed by atoms with E-state index in [1.54, 1.807) is 24.3 Å². The fraction of sp³-hybridized carbons (Fsp3) is 0.286. The lowest BCUT2D eigenvalue weighted by Gasteiger charge is -2.33. The number of aromatic amines is 1. The second kappa shape index (κ2) is 8.33. The number of benzene rings is 2. The number of para-hydroxylation sites is 1. The Labute approximate surface area is 162 Å². The molecule has 0 saturated carbocycles. The number of aromatic nitrogens is 2. The molecule has 1 saturated heterocycles. The molecule has 144 valence electrons. The number of nitrogens with one attached hydrogen (secondary N) is 2. The third kappa shape index (κ3) is 4.27. The average Bonchev–Trinajstić information content (AvgIpc) is 2.73. The fourth-order valence-electron chi connectivity index (χ4n) is 3.37. The third-order valence-corrected chi connectivity index (χ3v) is 4.79. The van der Waals surface area contributed by atoms with Crippen LogP contribution in [-0.2, 0) is 11.3 Å². The highest BCUT2D eigenvalue weighted by Gasteiger charge is 2.22. The molecule has 2 heterocycles. The summed E-state index contributed by atoms with van der Waals surface area (Å²) >= 11 is 0. The lowest BCUT2D eigenvalue weighted by Crippen LogP contribution is -2.47. The number of fused-ring (bicyclic) bond motifs is 1. The van der Waals surface area contributed by atoms with Gasteiger partial charge in [0, 0.05) is 26.2 Å². The van der Waals surface area contributed by atoms with Crippen LogP contribution in [0.4, 0.5) is 0 Å². The summed E-state index contributed by atoms with van der Waals surface area (Å²) in [6, 6.07) is 17.2. The molecule has 1 aliphatic rings. The van der Waals surface area contributed by atoms with Crippen molar-refractivity contribution < 1.29 is 9.53 Å². The van der Waals surface area contributed by atoms with Gasteiger partial charge in [0.25, 0.3) is 11.5 Å². The zero-order valence-electron chi connectivity index (χ0n) is 15.4. The molecule has 4 rings (SSSR count). The molecular formula is C21H22N4O3. The number of carbonyl (C=O) groups excluding carboxylic acids is 1. The first kappa shape index (κ1) is 18.3. The molecule has 2 N–H and O–H groups in total. The molecule has 28 heavy (non-hydrogen) atoms. The van der Waals surface area contributed by atoms with E-state index in [0.29, 0.717) is 24.1 Å². The standard InChI is InChI=1S/C21H22N4O3/c26-20-17-8-4-5-9-18(17)23-19(24-20)21(27)22-12-16-14-25(10-11-28-16)13-15-6-2-1-3-7-15/h1-9,16H,10-14H2,(H,22,27)(H,23,24,26). The van der Waals surface area contributed by atoms with Crippen molar-refractivity contribution in [1.82, 2.24) is 20.2 Å². The number of carbonyl (C=O) groups is 1. The third-order valence-electron chi connectivity index (χ3n) is 4.79. The van der Waals surface area contributed by atoms with Crippen LogP contribution >= 0.6 is 0 Å². The Hall–Kier alpha value is -3.03. The first-order chi connectivity index (χ1) is 13.7. The minimum absolute atomic E-state index is 0.0145. The molecule has 1 unspecified atom stereocenters. The number of H-pyrrole nitrogens is 1. The number of hydrogen-bond acceptors (Lipinski definition) is 5. The highest BCUT2D eigenvalue weighted by atomic mass is 16.5. The SMILES string of the molecule is O=C(NCC1CN(Cc2ccccc2)CCO1)c1nc2ccccc2c(=O)[nH]1. The number of hydrogen-bond donors (Lipinski definition) is 2. The predicted molar refractivity (Wildman–Crippen MR) is 106 cm³/mol. The first-order valence-corrected chi connectivity index (χ1v) is 9.34. The van der Waals surface area contributed by atoms with Crippen molar-refractivity contribution in [3.05, 3.63) is 76.3 Å². The lowest BCUT2D eigenvalue weighted by molar-refractivity contribution is -0.0293. The van der Waals surface area contributed by atoms with E-state index in [1.165, 1.54) is 5.56 Å². The van der Waals surface area contributed by atoms with Crippen LogP contribution in [0.25, 0.3) is 10.9 Å². The minimum Gasteiger partial charge on any atom is -0.374 e. The van der Waals surface area contributed by atoms with Gasteiger partial charge in [0.1, 0.15) is 0 Å². The second-order valence-corrected chi connectivity index (χ2v) is 6.86. The van der Waals surface area contributed by atoms with Gasteiger partial charge in [0.2, 0.25) is 0 Å². The van der Waals surface area contributed by atoms with Crippen molar-refractivity contribution in [2.45, 2.75) is 12.6 Å². The molecule has 0 bridgehead atoms. The molecule has 0 aliphatic carbocycles. The molecule has 2 aromatic carbocycles. The van der Waals surface area contributed by atoms with Gasteiger partial charge in [-0.2, -0.15) is 0 Å². The summed E-state index contributed by atoms with van der Waals surface area (Å²) in [5.41, 5.74) is 1.43. The number of nitrogens with zero attached hydrogens (tertiary/aromatic N) is 2. The zero-order chi connectivity index (χ0) is 19.3. The van der Waals surface area contributed by atoms with Crippen LogP contribution in [0.3, 0.4) is 0 Å². The van der Waals surface area contributed by atoms with E-state index in [9.17, 15) is 9.59 Å². The van der Waals surface area contributed by atoms with Gasteiger partial charge in [-0.1, -0.05) is 42.5 Å². The predicted octanol–water partition coefficient (Wildman–Crippen LogP) is 1.55. The number of amides is 1. The Kier molecular flexibility index (Phi) is 5.45. The molecule has 0 radical (unpaired) electrons. The van der Waals surface area contributed by atoms with Crippen LogP contribution in [0, 0.1) is 0 Å². The van der Waals surface area contributed by atoms with E-state index >= 15 is 0 Å². The molecular weight excluding hydrogens is 356 g/mol. The monoisotopic (exact) mass is 378 g/mol. The Bertz CT molecular complexity index is 1020. The van der Waals surface area contributed by atoms with Crippen molar-refractivity contribution >= 4 is 16.8 Å². The fourth-order valence-corrected chi connectivity index (χ4v) is 3.37. The van der Waals surface area contributed by atoms with Gasteiger partial charge in [-0.15, -0.1) is 0 Å². The van der Waals surface area contributed by atoms with Crippen LogP contribution in [0.5, 0.6) is 0 Å². The summed E-state index contributed by atoms with van der Waals surface area (Å²) in [5, 5.41) is 3.29. The summed E-state index contributed by atoms with van der Waals surface area (Å²) in [7, 11) is 0. The molecule has 0 spiro atoms. The molecule has 1 fully saturated rings. The molecule has 1 amide bonds. The Morgan fingerprint density at radius 3 is 2.82 bits per heavy atom. The molecule has 3 aromatic rings.